The summed E-state index contributed by atoms with van der Waals surface area (Å²) >= 11 is 0. The lowest BCUT2D eigenvalue weighted by Crippen LogP contribution is -2.43. The van der Waals surface area contributed by atoms with E-state index in [1.807, 2.05) is 26.0 Å². The molecule has 1 fully saturated rings. The average Bonchev–Trinajstić information content (AvgIpc) is 2.72. The molecule has 1 N–H and O–H groups in total. The Morgan fingerprint density at radius 3 is 2.13 bits per heavy atom. The molecule has 0 bridgehead atoms. The van der Waals surface area contributed by atoms with Crippen LogP contribution in [0.2, 0.25) is 0 Å². The van der Waals surface area contributed by atoms with Gasteiger partial charge < -0.3 is 10.2 Å². The van der Waals surface area contributed by atoms with Crippen LogP contribution in [0.1, 0.15) is 56.6 Å². The predicted molar refractivity (Wildman–Crippen MR) is 93.6 cm³/mol. The van der Waals surface area contributed by atoms with E-state index in [1.165, 1.54) is 32.6 Å². The van der Waals surface area contributed by atoms with Gasteiger partial charge in [0.05, 0.1) is 0 Å². The molecular formula is C19H28N2O2. The first-order valence-electron chi connectivity index (χ1n) is 8.61. The lowest BCUT2D eigenvalue weighted by Gasteiger charge is -2.23. The van der Waals surface area contributed by atoms with Crippen LogP contribution in [0.15, 0.2) is 18.2 Å². The van der Waals surface area contributed by atoms with Crippen molar-refractivity contribution in [1.82, 2.24) is 5.32 Å². The van der Waals surface area contributed by atoms with Crippen LogP contribution >= 0.6 is 0 Å². The second-order valence-electron chi connectivity index (χ2n) is 6.71. The van der Waals surface area contributed by atoms with Gasteiger partial charge in [-0.15, -0.1) is 0 Å². The molecular weight excluding hydrogens is 288 g/mol. The van der Waals surface area contributed by atoms with Crippen molar-refractivity contribution in [2.24, 2.45) is 0 Å². The fourth-order valence-electron chi connectivity index (χ4n) is 3.33. The Labute approximate surface area is 139 Å². The summed E-state index contributed by atoms with van der Waals surface area (Å²) in [5.74, 6) is -0.169. The van der Waals surface area contributed by atoms with Crippen molar-refractivity contribution in [3.8, 4) is 0 Å². The minimum atomic E-state index is -0.106. The summed E-state index contributed by atoms with van der Waals surface area (Å²) in [6, 6.07) is 6.23. The molecule has 0 aromatic heterocycles. The third-order valence-corrected chi connectivity index (χ3v) is 4.42. The van der Waals surface area contributed by atoms with Crippen LogP contribution in [-0.4, -0.2) is 24.4 Å². The van der Waals surface area contributed by atoms with Gasteiger partial charge in [0.15, 0.2) is 0 Å². The van der Waals surface area contributed by atoms with Crippen molar-refractivity contribution < 1.29 is 9.59 Å². The number of benzene rings is 1. The topological polar surface area (TPSA) is 49.4 Å². The maximum absolute atomic E-state index is 12.4. The van der Waals surface area contributed by atoms with Crippen LogP contribution in [0.5, 0.6) is 0 Å². The molecule has 2 rings (SSSR count). The van der Waals surface area contributed by atoms with E-state index in [1.54, 1.807) is 4.90 Å². The maximum Gasteiger partial charge on any atom is 0.240 e. The fraction of sp³-hybridized carbons (Fsp3) is 0.579. The normalized spacial score (nSPS) is 15.8. The van der Waals surface area contributed by atoms with E-state index in [2.05, 4.69) is 11.4 Å². The van der Waals surface area contributed by atoms with Gasteiger partial charge in [-0.2, -0.15) is 0 Å². The number of anilines is 1. The molecule has 2 amide bonds. The molecule has 0 atom stereocenters. The highest BCUT2D eigenvalue weighted by Gasteiger charge is 2.19. The molecule has 0 spiro atoms. The van der Waals surface area contributed by atoms with Crippen LogP contribution in [-0.2, 0) is 9.59 Å². The molecule has 4 heteroatoms. The molecule has 4 nitrogen and oxygen atoms in total. The number of hydrogen-bond acceptors (Lipinski definition) is 2. The minimum absolute atomic E-state index is 0.0636. The fourth-order valence-corrected chi connectivity index (χ4v) is 3.33. The Morgan fingerprint density at radius 1 is 1.04 bits per heavy atom. The van der Waals surface area contributed by atoms with Crippen LogP contribution < -0.4 is 10.2 Å². The number of hydrogen-bond donors (Lipinski definition) is 1. The second kappa shape index (κ2) is 8.14. The van der Waals surface area contributed by atoms with Crippen molar-refractivity contribution in [3.63, 3.8) is 0 Å². The highest BCUT2D eigenvalue weighted by Crippen LogP contribution is 2.20. The zero-order valence-electron chi connectivity index (χ0n) is 14.5. The van der Waals surface area contributed by atoms with Crippen molar-refractivity contribution in [1.29, 1.82) is 0 Å². The van der Waals surface area contributed by atoms with Crippen molar-refractivity contribution in [2.45, 2.75) is 65.3 Å². The number of amides is 2. The van der Waals surface area contributed by atoms with Crippen molar-refractivity contribution in [2.75, 3.05) is 11.4 Å². The van der Waals surface area contributed by atoms with Gasteiger partial charge in [0.2, 0.25) is 11.8 Å². The maximum atomic E-state index is 12.4. The van der Waals surface area contributed by atoms with E-state index >= 15 is 0 Å². The third kappa shape index (κ3) is 5.38. The predicted octanol–water partition coefficient (Wildman–Crippen LogP) is 3.50. The largest absolute Gasteiger partial charge is 0.352 e. The first kappa shape index (κ1) is 17.5. The Balaban J connectivity index is 2.03. The summed E-state index contributed by atoms with van der Waals surface area (Å²) < 4.78 is 0. The number of nitrogens with zero attached hydrogens (tertiary/aromatic N) is 1. The molecule has 1 aliphatic carbocycles. The SMILES string of the molecule is CC(=O)N(CC(=O)NC1CCCCCC1)c1cc(C)cc(C)c1. The van der Waals surface area contributed by atoms with Gasteiger partial charge in [0.25, 0.3) is 0 Å². The molecule has 0 heterocycles. The summed E-state index contributed by atoms with van der Waals surface area (Å²) in [6.45, 7) is 5.60. The Bertz CT molecular complexity index is 540. The average molecular weight is 316 g/mol. The molecule has 1 saturated carbocycles. The molecule has 23 heavy (non-hydrogen) atoms. The zero-order chi connectivity index (χ0) is 16.8. The first-order valence-corrected chi connectivity index (χ1v) is 8.61. The van der Waals surface area contributed by atoms with E-state index in [9.17, 15) is 9.59 Å². The van der Waals surface area contributed by atoms with E-state index < -0.39 is 0 Å². The molecule has 126 valence electrons. The van der Waals surface area contributed by atoms with Gasteiger partial charge in [-0.3, -0.25) is 9.59 Å². The zero-order valence-corrected chi connectivity index (χ0v) is 14.5. The summed E-state index contributed by atoms with van der Waals surface area (Å²) in [5.41, 5.74) is 2.98. The van der Waals surface area contributed by atoms with Crippen molar-refractivity contribution in [3.05, 3.63) is 29.3 Å². The van der Waals surface area contributed by atoms with E-state index in [0.717, 1.165) is 29.7 Å². The van der Waals surface area contributed by atoms with Gasteiger partial charge >= 0.3 is 0 Å². The minimum Gasteiger partial charge on any atom is -0.352 e. The smallest absolute Gasteiger partial charge is 0.240 e. The van der Waals surface area contributed by atoms with Crippen molar-refractivity contribution >= 4 is 17.5 Å². The number of carbonyl (C=O) groups excluding carboxylic acids is 2. The molecule has 0 unspecified atom stereocenters. The monoisotopic (exact) mass is 316 g/mol. The molecule has 1 aliphatic rings. The van der Waals surface area contributed by atoms with Gasteiger partial charge in [0.1, 0.15) is 6.54 Å². The van der Waals surface area contributed by atoms with E-state index in [4.69, 9.17) is 0 Å². The summed E-state index contributed by atoms with van der Waals surface area (Å²) in [5, 5.41) is 3.11. The van der Waals surface area contributed by atoms with Crippen LogP contribution in [0.3, 0.4) is 0 Å². The molecule has 1 aromatic rings. The van der Waals surface area contributed by atoms with E-state index in [0.29, 0.717) is 0 Å². The molecule has 1 aromatic carbocycles. The number of rotatable bonds is 4. The van der Waals surface area contributed by atoms with Gasteiger partial charge in [-0.25, -0.2) is 0 Å². The van der Waals surface area contributed by atoms with Gasteiger partial charge in [0, 0.05) is 18.7 Å². The lowest BCUT2D eigenvalue weighted by atomic mass is 10.1. The first-order chi connectivity index (χ1) is 11.0. The van der Waals surface area contributed by atoms with Crippen LogP contribution in [0.4, 0.5) is 5.69 Å². The highest BCUT2D eigenvalue weighted by atomic mass is 16.2. The summed E-state index contributed by atoms with van der Waals surface area (Å²) in [6.07, 6.45) is 6.98. The molecule has 0 aliphatic heterocycles. The second-order valence-corrected chi connectivity index (χ2v) is 6.71. The number of carbonyl (C=O) groups is 2. The summed E-state index contributed by atoms with van der Waals surface area (Å²) in [7, 11) is 0. The Hall–Kier alpha value is -1.84. The summed E-state index contributed by atoms with van der Waals surface area (Å²) in [4.78, 5) is 25.9. The number of aryl methyl sites for hydroxylation is 2. The third-order valence-electron chi connectivity index (χ3n) is 4.42. The van der Waals surface area contributed by atoms with Crippen LogP contribution in [0, 0.1) is 13.8 Å². The molecule has 0 radical (unpaired) electrons. The van der Waals surface area contributed by atoms with Gasteiger partial charge in [-0.05, 0) is 49.9 Å². The van der Waals surface area contributed by atoms with E-state index in [-0.39, 0.29) is 24.4 Å². The quantitative estimate of drug-likeness (QED) is 0.864. The van der Waals surface area contributed by atoms with Crippen LogP contribution in [0.25, 0.3) is 0 Å². The highest BCUT2D eigenvalue weighted by molar-refractivity contribution is 5.97. The Kier molecular flexibility index (Phi) is 6.20. The van der Waals surface area contributed by atoms with Gasteiger partial charge in [-0.1, -0.05) is 31.7 Å². The number of nitrogens with one attached hydrogen (secondary N) is 1. The molecule has 0 saturated heterocycles. The lowest BCUT2D eigenvalue weighted by molar-refractivity contribution is -0.123. The standard InChI is InChI=1S/C19H28N2O2/c1-14-10-15(2)12-18(11-14)21(16(3)22)13-19(23)20-17-8-6-4-5-7-9-17/h10-12,17H,4-9,13H2,1-3H3,(H,20,23). The Morgan fingerprint density at radius 2 is 1.61 bits per heavy atom.